The second-order valence-corrected chi connectivity index (χ2v) is 5.70. The van der Waals surface area contributed by atoms with E-state index in [4.69, 9.17) is 5.84 Å². The molecule has 94 valence electrons. The fourth-order valence-electron chi connectivity index (χ4n) is 2.29. The normalized spacial score (nSPS) is 17.8. The summed E-state index contributed by atoms with van der Waals surface area (Å²) in [4.78, 5) is 0. The van der Waals surface area contributed by atoms with Crippen molar-refractivity contribution in [1.29, 1.82) is 0 Å². The summed E-state index contributed by atoms with van der Waals surface area (Å²) < 4.78 is 13.6. The van der Waals surface area contributed by atoms with Gasteiger partial charge in [0.15, 0.2) is 0 Å². The minimum absolute atomic E-state index is 0.218. The smallest absolute Gasteiger partial charge is 0.137 e. The van der Waals surface area contributed by atoms with Crippen LogP contribution in [-0.4, -0.2) is 6.04 Å². The molecule has 2 nitrogen and oxygen atoms in total. The van der Waals surface area contributed by atoms with E-state index in [2.05, 4.69) is 21.4 Å². The van der Waals surface area contributed by atoms with Crippen molar-refractivity contribution in [2.45, 2.75) is 38.1 Å². The van der Waals surface area contributed by atoms with Crippen molar-refractivity contribution < 1.29 is 4.39 Å². The SMILES string of the molecule is NNC(Cc1ccc(F)c(Br)c1)CC1CCC1. The zero-order valence-corrected chi connectivity index (χ0v) is 11.3. The minimum Gasteiger partial charge on any atom is -0.271 e. The first-order chi connectivity index (χ1) is 8.19. The van der Waals surface area contributed by atoms with Crippen molar-refractivity contribution in [3.63, 3.8) is 0 Å². The van der Waals surface area contributed by atoms with E-state index < -0.39 is 0 Å². The van der Waals surface area contributed by atoms with Crippen LogP contribution in [0.25, 0.3) is 0 Å². The Morgan fingerprint density at radius 2 is 2.24 bits per heavy atom. The number of hydrazine groups is 1. The predicted octanol–water partition coefficient (Wildman–Crippen LogP) is 3.15. The topological polar surface area (TPSA) is 38.0 Å². The average molecular weight is 301 g/mol. The zero-order chi connectivity index (χ0) is 12.3. The molecule has 0 aliphatic heterocycles. The molecule has 2 rings (SSSR count). The molecule has 4 heteroatoms. The van der Waals surface area contributed by atoms with Gasteiger partial charge in [-0.2, -0.15) is 0 Å². The van der Waals surface area contributed by atoms with Gasteiger partial charge in [-0.25, -0.2) is 4.39 Å². The van der Waals surface area contributed by atoms with Crippen molar-refractivity contribution in [2.24, 2.45) is 11.8 Å². The van der Waals surface area contributed by atoms with E-state index in [-0.39, 0.29) is 11.9 Å². The van der Waals surface area contributed by atoms with Crippen LogP contribution in [0.1, 0.15) is 31.2 Å². The van der Waals surface area contributed by atoms with E-state index >= 15 is 0 Å². The second-order valence-electron chi connectivity index (χ2n) is 4.85. The number of hydrogen-bond acceptors (Lipinski definition) is 2. The molecule has 1 aliphatic carbocycles. The van der Waals surface area contributed by atoms with Gasteiger partial charge in [0.25, 0.3) is 0 Å². The molecule has 17 heavy (non-hydrogen) atoms. The largest absolute Gasteiger partial charge is 0.271 e. The summed E-state index contributed by atoms with van der Waals surface area (Å²) in [5, 5.41) is 0. The summed E-state index contributed by atoms with van der Waals surface area (Å²) in [6.07, 6.45) is 5.97. The lowest BCUT2D eigenvalue weighted by Crippen LogP contribution is -2.39. The highest BCUT2D eigenvalue weighted by Gasteiger charge is 2.21. The fraction of sp³-hybridized carbons (Fsp3) is 0.538. The van der Waals surface area contributed by atoms with Gasteiger partial charge in [0.2, 0.25) is 0 Å². The Bertz CT molecular complexity index is 380. The van der Waals surface area contributed by atoms with E-state index in [0.29, 0.717) is 4.47 Å². The summed E-state index contributed by atoms with van der Waals surface area (Å²) in [5.74, 6) is 6.18. The standard InChI is InChI=1S/C13H18BrFN2/c14-12-8-10(4-5-13(12)15)7-11(17-16)6-9-2-1-3-9/h4-5,8-9,11,17H,1-3,6-7,16H2. The van der Waals surface area contributed by atoms with Crippen LogP contribution in [0, 0.1) is 11.7 Å². The molecule has 1 fully saturated rings. The Morgan fingerprint density at radius 3 is 2.76 bits per heavy atom. The van der Waals surface area contributed by atoms with Crippen LogP contribution in [-0.2, 0) is 6.42 Å². The van der Waals surface area contributed by atoms with Crippen LogP contribution in [0.4, 0.5) is 4.39 Å². The third-order valence-electron chi connectivity index (χ3n) is 3.54. The van der Waals surface area contributed by atoms with Crippen molar-refractivity contribution in [3.05, 3.63) is 34.1 Å². The first-order valence-corrected chi connectivity index (χ1v) is 6.88. The molecule has 1 atom stereocenters. The van der Waals surface area contributed by atoms with Crippen molar-refractivity contribution >= 4 is 15.9 Å². The van der Waals surface area contributed by atoms with Crippen molar-refractivity contribution in [1.82, 2.24) is 5.43 Å². The van der Waals surface area contributed by atoms with Gasteiger partial charge < -0.3 is 0 Å². The van der Waals surface area contributed by atoms with Gasteiger partial charge >= 0.3 is 0 Å². The maximum absolute atomic E-state index is 13.1. The third kappa shape index (κ3) is 3.50. The van der Waals surface area contributed by atoms with E-state index in [1.807, 2.05) is 12.1 Å². The summed E-state index contributed by atoms with van der Waals surface area (Å²) in [6, 6.07) is 5.44. The maximum Gasteiger partial charge on any atom is 0.137 e. The van der Waals surface area contributed by atoms with Crippen LogP contribution in [0.5, 0.6) is 0 Å². The van der Waals surface area contributed by atoms with Crippen LogP contribution < -0.4 is 11.3 Å². The summed E-state index contributed by atoms with van der Waals surface area (Å²) in [5.41, 5.74) is 3.99. The van der Waals surface area contributed by atoms with Gasteiger partial charge in [-0.3, -0.25) is 11.3 Å². The van der Waals surface area contributed by atoms with Gasteiger partial charge in [0.1, 0.15) is 5.82 Å². The van der Waals surface area contributed by atoms with Gasteiger partial charge in [0, 0.05) is 6.04 Å². The van der Waals surface area contributed by atoms with Crippen LogP contribution in [0.15, 0.2) is 22.7 Å². The Labute approximate surface area is 110 Å². The van der Waals surface area contributed by atoms with E-state index in [0.717, 1.165) is 24.3 Å². The van der Waals surface area contributed by atoms with Crippen LogP contribution in [0.3, 0.4) is 0 Å². The monoisotopic (exact) mass is 300 g/mol. The first kappa shape index (κ1) is 13.0. The molecular weight excluding hydrogens is 283 g/mol. The predicted molar refractivity (Wildman–Crippen MR) is 70.9 cm³/mol. The molecule has 0 bridgehead atoms. The fourth-order valence-corrected chi connectivity index (χ4v) is 2.72. The summed E-state index contributed by atoms with van der Waals surface area (Å²) in [7, 11) is 0. The highest BCUT2D eigenvalue weighted by molar-refractivity contribution is 9.10. The molecule has 1 aliphatic rings. The van der Waals surface area contributed by atoms with Gasteiger partial charge in [-0.15, -0.1) is 0 Å². The number of halogens is 2. The summed E-state index contributed by atoms with van der Waals surface area (Å²) >= 11 is 3.21. The zero-order valence-electron chi connectivity index (χ0n) is 9.76. The number of rotatable bonds is 5. The minimum atomic E-state index is -0.218. The molecule has 3 N–H and O–H groups in total. The number of benzene rings is 1. The lowest BCUT2D eigenvalue weighted by molar-refractivity contribution is 0.259. The highest BCUT2D eigenvalue weighted by Crippen LogP contribution is 2.31. The maximum atomic E-state index is 13.1. The molecule has 0 aromatic heterocycles. The highest BCUT2D eigenvalue weighted by atomic mass is 79.9. The average Bonchev–Trinajstić information content (AvgIpc) is 2.26. The van der Waals surface area contributed by atoms with Crippen LogP contribution in [0.2, 0.25) is 0 Å². The molecule has 1 saturated carbocycles. The molecule has 0 amide bonds. The van der Waals surface area contributed by atoms with E-state index in [1.165, 1.54) is 25.3 Å². The number of hydrogen-bond donors (Lipinski definition) is 2. The summed E-state index contributed by atoms with van der Waals surface area (Å²) in [6.45, 7) is 0. The molecular formula is C13H18BrFN2. The third-order valence-corrected chi connectivity index (χ3v) is 4.15. The molecule has 1 unspecified atom stereocenters. The van der Waals surface area contributed by atoms with Crippen molar-refractivity contribution in [3.8, 4) is 0 Å². The molecule has 1 aromatic carbocycles. The number of nitrogens with one attached hydrogen (secondary N) is 1. The lowest BCUT2D eigenvalue weighted by Gasteiger charge is -2.29. The van der Waals surface area contributed by atoms with E-state index in [9.17, 15) is 4.39 Å². The Kier molecular flexibility index (Phi) is 4.54. The van der Waals surface area contributed by atoms with Crippen molar-refractivity contribution in [2.75, 3.05) is 0 Å². The van der Waals surface area contributed by atoms with Gasteiger partial charge in [-0.1, -0.05) is 25.3 Å². The Morgan fingerprint density at radius 1 is 1.47 bits per heavy atom. The first-order valence-electron chi connectivity index (χ1n) is 6.09. The second kappa shape index (κ2) is 5.94. The molecule has 1 aromatic rings. The molecule has 0 spiro atoms. The molecule has 0 saturated heterocycles. The van der Waals surface area contributed by atoms with Gasteiger partial charge in [0.05, 0.1) is 4.47 Å². The molecule has 0 heterocycles. The van der Waals surface area contributed by atoms with E-state index in [1.54, 1.807) is 0 Å². The lowest BCUT2D eigenvalue weighted by atomic mass is 9.80. The quantitative estimate of drug-likeness (QED) is 0.647. The van der Waals surface area contributed by atoms with Crippen LogP contribution >= 0.6 is 15.9 Å². The number of nitrogens with two attached hydrogens (primary N) is 1. The van der Waals surface area contributed by atoms with Gasteiger partial charge in [-0.05, 0) is 52.4 Å². The Hall–Kier alpha value is -0.450. The Balaban J connectivity index is 1.94. The molecule has 0 radical (unpaired) electrons.